The molecule has 1 N–H and O–H groups in total. The molecule has 0 aliphatic carbocycles. The van der Waals surface area contributed by atoms with Crippen molar-refractivity contribution in [3.63, 3.8) is 0 Å². The van der Waals surface area contributed by atoms with Crippen molar-refractivity contribution < 1.29 is 18.7 Å². The fourth-order valence-corrected chi connectivity index (χ4v) is 3.95. The summed E-state index contributed by atoms with van der Waals surface area (Å²) in [6, 6.07) is 19.6. The van der Waals surface area contributed by atoms with Crippen LogP contribution in [0.25, 0.3) is 32.9 Å². The van der Waals surface area contributed by atoms with Crippen molar-refractivity contribution in [2.45, 2.75) is 32.8 Å². The number of alkyl halides is 1. The fourth-order valence-electron chi connectivity index (χ4n) is 3.95. The van der Waals surface area contributed by atoms with Gasteiger partial charge in [0.05, 0.1) is 17.6 Å². The Hall–Kier alpha value is -3.67. The van der Waals surface area contributed by atoms with E-state index in [0.29, 0.717) is 5.75 Å². The van der Waals surface area contributed by atoms with Gasteiger partial charge in [0.25, 0.3) is 0 Å². The lowest BCUT2D eigenvalue weighted by atomic mass is 9.97. The first-order valence-corrected chi connectivity index (χ1v) is 11.3. The highest BCUT2D eigenvalue weighted by molar-refractivity contribution is 6.11. The Kier molecular flexibility index (Phi) is 6.68. The molecule has 4 aromatic rings. The van der Waals surface area contributed by atoms with Crippen LogP contribution in [-0.4, -0.2) is 36.9 Å². The van der Waals surface area contributed by atoms with Crippen LogP contribution in [0.3, 0.4) is 0 Å². The number of ether oxygens (including phenoxy) is 2. The number of carbonyl (C=O) groups excluding carboxylic acids is 1. The summed E-state index contributed by atoms with van der Waals surface area (Å²) in [5, 5.41) is 6.19. The number of anilines is 1. The first kappa shape index (κ1) is 23.5. The molecule has 0 radical (unpaired) electrons. The van der Waals surface area contributed by atoms with Crippen molar-refractivity contribution >= 4 is 33.3 Å². The summed E-state index contributed by atoms with van der Waals surface area (Å²) in [5.74, 6) is 0.338. The smallest absolute Gasteiger partial charge is 0.310 e. The van der Waals surface area contributed by atoms with Gasteiger partial charge in [-0.3, -0.25) is 4.79 Å². The average molecular weight is 461 g/mol. The van der Waals surface area contributed by atoms with E-state index in [9.17, 15) is 9.18 Å². The molecule has 3 aromatic carbocycles. The van der Waals surface area contributed by atoms with E-state index < -0.39 is 12.3 Å². The predicted octanol–water partition coefficient (Wildman–Crippen LogP) is 6.33. The summed E-state index contributed by atoms with van der Waals surface area (Å²) in [6.07, 6.45) is 0.180. The van der Waals surface area contributed by atoms with Gasteiger partial charge in [0.15, 0.2) is 0 Å². The van der Waals surface area contributed by atoms with Gasteiger partial charge in [0, 0.05) is 29.1 Å². The number of halogens is 1. The van der Waals surface area contributed by atoms with Gasteiger partial charge in [-0.05, 0) is 74.2 Å². The first-order valence-electron chi connectivity index (χ1n) is 11.3. The third-order valence-corrected chi connectivity index (χ3v) is 5.39. The van der Waals surface area contributed by atoms with Crippen molar-refractivity contribution in [3.05, 3.63) is 66.2 Å². The lowest BCUT2D eigenvalue weighted by Gasteiger charge is -2.19. The second kappa shape index (κ2) is 9.67. The Morgan fingerprint density at radius 2 is 1.71 bits per heavy atom. The third-order valence-electron chi connectivity index (χ3n) is 5.39. The molecule has 0 bridgehead atoms. The first-order chi connectivity index (χ1) is 16.3. The number of hydrogen-bond acceptors (Lipinski definition) is 5. The van der Waals surface area contributed by atoms with Crippen molar-refractivity contribution in [2.75, 3.05) is 25.6 Å². The summed E-state index contributed by atoms with van der Waals surface area (Å²) in [5.41, 5.74) is 3.88. The maximum atomic E-state index is 12.5. The molecule has 5 nitrogen and oxygen atoms in total. The lowest BCUT2D eigenvalue weighted by Crippen LogP contribution is -2.24. The summed E-state index contributed by atoms with van der Waals surface area (Å²) < 4.78 is 23.3. The molecule has 6 heteroatoms. The predicted molar refractivity (Wildman–Crippen MR) is 135 cm³/mol. The maximum Gasteiger partial charge on any atom is 0.310 e. The fraction of sp³-hybridized carbons (Fsp3) is 0.286. The van der Waals surface area contributed by atoms with Gasteiger partial charge in [-0.2, -0.15) is 0 Å². The summed E-state index contributed by atoms with van der Waals surface area (Å²) >= 11 is 0. The quantitative estimate of drug-likeness (QED) is 0.258. The van der Waals surface area contributed by atoms with Gasteiger partial charge < -0.3 is 14.8 Å². The SMILES string of the molecule is CNc1ccc2c(c1)nc(-c1ccc(OCCF)cc1)c1cc(CC(=O)OC(C)(C)C)ccc12. The Bertz CT molecular complexity index is 1330. The molecule has 0 spiro atoms. The minimum atomic E-state index is -0.535. The minimum Gasteiger partial charge on any atom is -0.491 e. The van der Waals surface area contributed by atoms with Crippen LogP contribution in [0.2, 0.25) is 0 Å². The molecule has 34 heavy (non-hydrogen) atoms. The van der Waals surface area contributed by atoms with Crippen molar-refractivity contribution in [1.29, 1.82) is 0 Å². The van der Waals surface area contributed by atoms with E-state index in [1.165, 1.54) is 0 Å². The standard InChI is InChI=1S/C28H29FN2O3/c1-28(2,3)34-26(32)16-18-5-11-22-23-12-8-20(30-4)17-25(23)31-27(24(22)15-18)19-6-9-21(10-7-19)33-14-13-29/h5-12,15,17,30H,13-14,16H2,1-4H3. The normalized spacial score (nSPS) is 11.6. The molecule has 0 aliphatic heterocycles. The number of nitrogens with zero attached hydrogens (tertiary/aromatic N) is 1. The third kappa shape index (κ3) is 5.28. The number of benzene rings is 3. The average Bonchev–Trinajstić information content (AvgIpc) is 2.80. The van der Waals surface area contributed by atoms with Crippen LogP contribution >= 0.6 is 0 Å². The van der Waals surface area contributed by atoms with Crippen LogP contribution in [0.5, 0.6) is 5.75 Å². The highest BCUT2D eigenvalue weighted by atomic mass is 19.1. The van der Waals surface area contributed by atoms with Crippen LogP contribution in [0.15, 0.2) is 60.7 Å². The molecule has 0 atom stereocenters. The maximum absolute atomic E-state index is 12.5. The van der Waals surface area contributed by atoms with Gasteiger partial charge in [-0.25, -0.2) is 9.37 Å². The largest absolute Gasteiger partial charge is 0.491 e. The Labute approximate surface area is 198 Å². The van der Waals surface area contributed by atoms with Gasteiger partial charge in [0.1, 0.15) is 24.6 Å². The van der Waals surface area contributed by atoms with Gasteiger partial charge in [0.2, 0.25) is 0 Å². The molecular weight excluding hydrogens is 431 g/mol. The van der Waals surface area contributed by atoms with E-state index in [0.717, 1.165) is 44.2 Å². The number of rotatable bonds is 7. The molecule has 0 fully saturated rings. The number of fused-ring (bicyclic) bond motifs is 3. The van der Waals surface area contributed by atoms with Crippen LogP contribution < -0.4 is 10.1 Å². The number of hydrogen-bond donors (Lipinski definition) is 1. The topological polar surface area (TPSA) is 60.5 Å². The van der Waals surface area contributed by atoms with Crippen LogP contribution in [0.1, 0.15) is 26.3 Å². The Morgan fingerprint density at radius 1 is 0.971 bits per heavy atom. The Morgan fingerprint density at radius 3 is 2.38 bits per heavy atom. The molecule has 0 saturated heterocycles. The van der Waals surface area contributed by atoms with Crippen molar-refractivity contribution in [3.8, 4) is 17.0 Å². The highest BCUT2D eigenvalue weighted by Gasteiger charge is 2.18. The summed E-state index contributed by atoms with van der Waals surface area (Å²) in [6.45, 7) is 5.07. The van der Waals surface area contributed by atoms with E-state index in [-0.39, 0.29) is 19.0 Å². The van der Waals surface area contributed by atoms with Crippen molar-refractivity contribution in [2.24, 2.45) is 0 Å². The zero-order chi connectivity index (χ0) is 24.3. The van der Waals surface area contributed by atoms with Crippen LogP contribution in [-0.2, 0) is 16.0 Å². The molecule has 1 aromatic heterocycles. The van der Waals surface area contributed by atoms with E-state index in [2.05, 4.69) is 11.4 Å². The molecule has 0 amide bonds. The highest BCUT2D eigenvalue weighted by Crippen LogP contribution is 2.35. The summed E-state index contributed by atoms with van der Waals surface area (Å²) in [4.78, 5) is 17.4. The number of carbonyl (C=O) groups is 1. The van der Waals surface area contributed by atoms with E-state index in [1.807, 2.05) is 82.4 Å². The molecule has 0 unspecified atom stereocenters. The molecule has 176 valence electrons. The van der Waals surface area contributed by atoms with Gasteiger partial charge >= 0.3 is 5.97 Å². The molecule has 1 heterocycles. The second-order valence-electron chi connectivity index (χ2n) is 9.15. The van der Waals surface area contributed by atoms with Gasteiger partial charge in [-0.15, -0.1) is 0 Å². The van der Waals surface area contributed by atoms with E-state index in [1.54, 1.807) is 0 Å². The Balaban J connectivity index is 1.83. The summed E-state index contributed by atoms with van der Waals surface area (Å²) in [7, 11) is 1.88. The zero-order valence-electron chi connectivity index (χ0n) is 19.9. The van der Waals surface area contributed by atoms with Crippen LogP contribution in [0.4, 0.5) is 10.1 Å². The second-order valence-corrected chi connectivity index (χ2v) is 9.15. The molecule has 4 rings (SSSR count). The van der Waals surface area contributed by atoms with Crippen molar-refractivity contribution in [1.82, 2.24) is 4.98 Å². The zero-order valence-corrected chi connectivity index (χ0v) is 19.9. The lowest BCUT2D eigenvalue weighted by molar-refractivity contribution is -0.153. The number of pyridine rings is 1. The number of nitrogens with one attached hydrogen (secondary N) is 1. The van der Waals surface area contributed by atoms with Gasteiger partial charge in [-0.1, -0.05) is 18.2 Å². The van der Waals surface area contributed by atoms with Crippen LogP contribution in [0, 0.1) is 0 Å². The number of esters is 1. The minimum absolute atomic E-state index is 0.0251. The number of aromatic nitrogens is 1. The van der Waals surface area contributed by atoms with E-state index in [4.69, 9.17) is 14.5 Å². The molecular formula is C28H29FN2O3. The van der Waals surface area contributed by atoms with E-state index >= 15 is 0 Å². The molecule has 0 aliphatic rings. The molecule has 0 saturated carbocycles. The monoisotopic (exact) mass is 460 g/mol.